The smallest absolute Gasteiger partial charge is 0.141 e. The van der Waals surface area contributed by atoms with Crippen molar-refractivity contribution in [2.75, 3.05) is 5.73 Å². The molecule has 1 aliphatic carbocycles. The van der Waals surface area contributed by atoms with Crippen molar-refractivity contribution in [3.8, 4) is 0 Å². The molecule has 1 aromatic heterocycles. The summed E-state index contributed by atoms with van der Waals surface area (Å²) < 4.78 is 0.855. The summed E-state index contributed by atoms with van der Waals surface area (Å²) in [7, 11) is 0. The van der Waals surface area contributed by atoms with Crippen molar-refractivity contribution < 1.29 is 0 Å². The SMILES string of the molecule is CCc1nc(C2(C)CC2)nc(N)c1Br. The predicted octanol–water partition coefficient (Wildman–Crippen LogP) is 2.44. The van der Waals surface area contributed by atoms with Gasteiger partial charge in [-0.25, -0.2) is 9.97 Å². The summed E-state index contributed by atoms with van der Waals surface area (Å²) in [5.41, 5.74) is 7.03. The van der Waals surface area contributed by atoms with Crippen LogP contribution in [0.4, 0.5) is 5.82 Å². The molecule has 0 saturated heterocycles. The van der Waals surface area contributed by atoms with Gasteiger partial charge in [0.1, 0.15) is 11.6 Å². The summed E-state index contributed by atoms with van der Waals surface area (Å²) in [5, 5.41) is 0. The second-order valence-corrected chi connectivity index (χ2v) is 4.90. The van der Waals surface area contributed by atoms with Gasteiger partial charge in [-0.3, -0.25) is 0 Å². The highest BCUT2D eigenvalue weighted by Gasteiger charge is 2.42. The lowest BCUT2D eigenvalue weighted by atomic mass is 10.1. The quantitative estimate of drug-likeness (QED) is 0.884. The molecule has 1 fully saturated rings. The zero-order chi connectivity index (χ0) is 10.3. The largest absolute Gasteiger partial charge is 0.383 e. The van der Waals surface area contributed by atoms with Gasteiger partial charge in [-0.1, -0.05) is 13.8 Å². The highest BCUT2D eigenvalue weighted by Crippen LogP contribution is 2.46. The summed E-state index contributed by atoms with van der Waals surface area (Å²) in [6, 6.07) is 0. The number of hydrogen-bond acceptors (Lipinski definition) is 3. The highest BCUT2D eigenvalue weighted by molar-refractivity contribution is 9.10. The molecule has 1 aromatic rings. The molecule has 0 bridgehead atoms. The molecule has 1 aliphatic rings. The van der Waals surface area contributed by atoms with Crippen LogP contribution in [-0.2, 0) is 11.8 Å². The van der Waals surface area contributed by atoms with E-state index in [4.69, 9.17) is 5.73 Å². The standard InChI is InChI=1S/C10H14BrN3/c1-3-6-7(11)8(12)14-9(13-6)10(2)4-5-10/h3-5H2,1-2H3,(H2,12,13,14). The van der Waals surface area contributed by atoms with Crippen LogP contribution in [0.1, 0.15) is 38.2 Å². The van der Waals surface area contributed by atoms with Crippen LogP contribution in [0.2, 0.25) is 0 Å². The van der Waals surface area contributed by atoms with E-state index in [1.807, 2.05) is 0 Å². The predicted molar refractivity (Wildman–Crippen MR) is 60.1 cm³/mol. The van der Waals surface area contributed by atoms with E-state index in [1.54, 1.807) is 0 Å². The van der Waals surface area contributed by atoms with Crippen molar-refractivity contribution in [1.29, 1.82) is 0 Å². The molecule has 0 aliphatic heterocycles. The number of aryl methyl sites for hydroxylation is 1. The molecule has 0 unspecified atom stereocenters. The molecule has 0 amide bonds. The average Bonchev–Trinajstić information content (AvgIpc) is 2.89. The van der Waals surface area contributed by atoms with Gasteiger partial charge in [-0.15, -0.1) is 0 Å². The van der Waals surface area contributed by atoms with Gasteiger partial charge in [-0.2, -0.15) is 0 Å². The third-order valence-corrected chi connectivity index (χ3v) is 3.68. The minimum Gasteiger partial charge on any atom is -0.383 e. The number of nitrogen functional groups attached to an aromatic ring is 1. The Morgan fingerprint density at radius 1 is 1.43 bits per heavy atom. The number of nitrogens with two attached hydrogens (primary N) is 1. The molecular formula is C10H14BrN3. The molecular weight excluding hydrogens is 242 g/mol. The van der Waals surface area contributed by atoms with Gasteiger partial charge in [0.2, 0.25) is 0 Å². The highest BCUT2D eigenvalue weighted by atomic mass is 79.9. The van der Waals surface area contributed by atoms with Crippen LogP contribution in [0, 0.1) is 0 Å². The lowest BCUT2D eigenvalue weighted by molar-refractivity contribution is 0.698. The first-order valence-electron chi connectivity index (χ1n) is 4.89. The normalized spacial score (nSPS) is 18.2. The summed E-state index contributed by atoms with van der Waals surface area (Å²) >= 11 is 3.41. The van der Waals surface area contributed by atoms with E-state index in [2.05, 4.69) is 39.7 Å². The maximum atomic E-state index is 5.82. The zero-order valence-corrected chi connectivity index (χ0v) is 10.1. The minimum atomic E-state index is 0.193. The van der Waals surface area contributed by atoms with E-state index in [0.717, 1.165) is 22.4 Å². The van der Waals surface area contributed by atoms with Gasteiger partial charge in [0.15, 0.2) is 0 Å². The van der Waals surface area contributed by atoms with E-state index in [9.17, 15) is 0 Å². The van der Waals surface area contributed by atoms with Crippen LogP contribution in [0.5, 0.6) is 0 Å². The maximum Gasteiger partial charge on any atom is 0.141 e. The third kappa shape index (κ3) is 1.52. The minimum absolute atomic E-state index is 0.193. The molecule has 1 saturated carbocycles. The Morgan fingerprint density at radius 3 is 2.57 bits per heavy atom. The van der Waals surface area contributed by atoms with E-state index < -0.39 is 0 Å². The Hall–Kier alpha value is -0.640. The Morgan fingerprint density at radius 2 is 2.07 bits per heavy atom. The maximum absolute atomic E-state index is 5.82. The van der Waals surface area contributed by atoms with Gasteiger partial charge < -0.3 is 5.73 Å². The molecule has 0 radical (unpaired) electrons. The average molecular weight is 256 g/mol. The Kier molecular flexibility index (Phi) is 2.26. The van der Waals surface area contributed by atoms with E-state index in [0.29, 0.717) is 5.82 Å². The van der Waals surface area contributed by atoms with Crippen LogP contribution in [-0.4, -0.2) is 9.97 Å². The second kappa shape index (κ2) is 3.19. The van der Waals surface area contributed by atoms with Gasteiger partial charge in [0, 0.05) is 5.41 Å². The molecule has 14 heavy (non-hydrogen) atoms. The fourth-order valence-electron chi connectivity index (χ4n) is 1.43. The third-order valence-electron chi connectivity index (χ3n) is 2.82. The van der Waals surface area contributed by atoms with Crippen LogP contribution in [0.15, 0.2) is 4.47 Å². The Balaban J connectivity index is 2.48. The lowest BCUT2D eigenvalue weighted by Crippen LogP contribution is -2.11. The lowest BCUT2D eigenvalue weighted by Gasteiger charge is -2.11. The van der Waals surface area contributed by atoms with E-state index >= 15 is 0 Å². The topological polar surface area (TPSA) is 51.8 Å². The van der Waals surface area contributed by atoms with E-state index in [1.165, 1.54) is 12.8 Å². The molecule has 2 rings (SSSR count). The van der Waals surface area contributed by atoms with Crippen molar-refractivity contribution in [3.05, 3.63) is 16.0 Å². The van der Waals surface area contributed by atoms with Crippen molar-refractivity contribution in [2.24, 2.45) is 0 Å². The van der Waals surface area contributed by atoms with Gasteiger partial charge in [0.25, 0.3) is 0 Å². The van der Waals surface area contributed by atoms with Gasteiger partial charge in [0.05, 0.1) is 10.2 Å². The number of hydrogen-bond donors (Lipinski definition) is 1. The fraction of sp³-hybridized carbons (Fsp3) is 0.600. The Labute approximate surface area is 92.3 Å². The number of nitrogens with zero attached hydrogens (tertiary/aromatic N) is 2. The molecule has 4 heteroatoms. The van der Waals surface area contributed by atoms with Gasteiger partial charge >= 0.3 is 0 Å². The summed E-state index contributed by atoms with van der Waals surface area (Å²) in [5.74, 6) is 1.48. The molecule has 1 heterocycles. The molecule has 0 aromatic carbocycles. The van der Waals surface area contributed by atoms with Crippen molar-refractivity contribution >= 4 is 21.7 Å². The van der Waals surface area contributed by atoms with Crippen LogP contribution in [0.3, 0.4) is 0 Å². The summed E-state index contributed by atoms with van der Waals surface area (Å²) in [4.78, 5) is 8.88. The van der Waals surface area contributed by atoms with Crippen LogP contribution < -0.4 is 5.73 Å². The van der Waals surface area contributed by atoms with Crippen LogP contribution >= 0.6 is 15.9 Å². The fourth-order valence-corrected chi connectivity index (χ4v) is 1.89. The van der Waals surface area contributed by atoms with Crippen molar-refractivity contribution in [2.45, 2.75) is 38.5 Å². The second-order valence-electron chi connectivity index (χ2n) is 4.11. The first-order chi connectivity index (χ1) is 6.57. The summed E-state index contributed by atoms with van der Waals surface area (Å²) in [6.07, 6.45) is 3.24. The molecule has 76 valence electrons. The molecule has 0 spiro atoms. The monoisotopic (exact) mass is 255 g/mol. The zero-order valence-electron chi connectivity index (χ0n) is 8.47. The van der Waals surface area contributed by atoms with Gasteiger partial charge in [-0.05, 0) is 35.2 Å². The first kappa shape index (κ1) is 9.90. The Bertz CT molecular complexity index is 372. The van der Waals surface area contributed by atoms with Crippen LogP contribution in [0.25, 0.3) is 0 Å². The number of rotatable bonds is 2. The van der Waals surface area contributed by atoms with Crippen molar-refractivity contribution in [3.63, 3.8) is 0 Å². The molecule has 2 N–H and O–H groups in total. The van der Waals surface area contributed by atoms with E-state index in [-0.39, 0.29) is 5.41 Å². The number of aromatic nitrogens is 2. The molecule has 3 nitrogen and oxygen atoms in total. The van der Waals surface area contributed by atoms with Crippen molar-refractivity contribution in [1.82, 2.24) is 9.97 Å². The number of halogens is 1. The molecule has 0 atom stereocenters. The summed E-state index contributed by atoms with van der Waals surface area (Å²) in [6.45, 7) is 4.26. The first-order valence-corrected chi connectivity index (χ1v) is 5.68. The number of anilines is 1.